The number of carbonyl (C=O) groups is 1. The highest BCUT2D eigenvalue weighted by Crippen LogP contribution is 2.42. The Bertz CT molecular complexity index is 1370. The first-order valence-electron chi connectivity index (χ1n) is 12.3. The third-order valence-electron chi connectivity index (χ3n) is 6.21. The minimum absolute atomic E-state index is 0.0928. The van der Waals surface area contributed by atoms with E-state index in [1.807, 2.05) is 54.6 Å². The van der Waals surface area contributed by atoms with Crippen LogP contribution in [0, 0.1) is 0 Å². The van der Waals surface area contributed by atoms with Crippen molar-refractivity contribution in [1.29, 1.82) is 0 Å². The zero-order valence-electron chi connectivity index (χ0n) is 20.9. The summed E-state index contributed by atoms with van der Waals surface area (Å²) in [4.78, 5) is 25.0. The maximum absolute atomic E-state index is 12.9. The van der Waals surface area contributed by atoms with Crippen molar-refractivity contribution in [2.24, 2.45) is 0 Å². The van der Waals surface area contributed by atoms with Crippen molar-refractivity contribution in [1.82, 2.24) is 9.97 Å². The normalized spacial score (nSPS) is 14.5. The van der Waals surface area contributed by atoms with Crippen molar-refractivity contribution in [3.05, 3.63) is 70.6 Å². The van der Waals surface area contributed by atoms with Crippen LogP contribution >= 0.6 is 23.1 Å². The number of thiophene rings is 1. The van der Waals surface area contributed by atoms with Crippen LogP contribution in [0.2, 0.25) is 0 Å². The molecule has 2 aromatic carbocycles. The van der Waals surface area contributed by atoms with Crippen molar-refractivity contribution in [3.8, 4) is 17.1 Å². The number of ether oxygens (including phenoxy) is 2. The van der Waals surface area contributed by atoms with Gasteiger partial charge in [0, 0.05) is 27.8 Å². The number of ketones is 1. The van der Waals surface area contributed by atoms with Crippen LogP contribution in [-0.4, -0.2) is 33.7 Å². The number of benzene rings is 2. The molecule has 36 heavy (non-hydrogen) atoms. The van der Waals surface area contributed by atoms with Gasteiger partial charge in [-0.25, -0.2) is 9.97 Å². The lowest BCUT2D eigenvalue weighted by Crippen LogP contribution is -2.31. The molecule has 0 radical (unpaired) electrons. The summed E-state index contributed by atoms with van der Waals surface area (Å²) in [5, 5.41) is 1.93. The number of carbonyl (C=O) groups excluding carboxylic acids is 1. The molecule has 1 aliphatic heterocycles. The van der Waals surface area contributed by atoms with Crippen LogP contribution in [0.3, 0.4) is 0 Å². The molecule has 0 fully saturated rings. The number of rotatable bonds is 9. The Morgan fingerprint density at radius 2 is 1.89 bits per heavy atom. The van der Waals surface area contributed by atoms with E-state index in [0.717, 1.165) is 51.4 Å². The summed E-state index contributed by atoms with van der Waals surface area (Å²) in [5.41, 5.74) is 2.66. The lowest BCUT2D eigenvalue weighted by molar-refractivity contribution is -0.0379. The Morgan fingerprint density at radius 3 is 2.64 bits per heavy atom. The summed E-state index contributed by atoms with van der Waals surface area (Å²) in [6, 6.07) is 17.4. The number of nitrogens with zero attached hydrogens (tertiary/aromatic N) is 2. The van der Waals surface area contributed by atoms with Gasteiger partial charge in [-0.05, 0) is 50.1 Å². The molecule has 0 atom stereocenters. The Morgan fingerprint density at radius 1 is 1.11 bits per heavy atom. The fourth-order valence-corrected chi connectivity index (χ4v) is 6.34. The van der Waals surface area contributed by atoms with Crippen LogP contribution in [0.1, 0.15) is 54.4 Å². The number of Topliss-reactive ketones (excluding diaryl/α,β-unsaturated/α-hetero) is 1. The first kappa shape index (κ1) is 24.9. The van der Waals surface area contributed by atoms with Crippen molar-refractivity contribution < 1.29 is 14.3 Å². The molecule has 0 bridgehead atoms. The molecule has 0 amide bonds. The maximum atomic E-state index is 12.9. The van der Waals surface area contributed by atoms with E-state index >= 15 is 0 Å². The van der Waals surface area contributed by atoms with Gasteiger partial charge in [0.15, 0.2) is 11.6 Å². The third kappa shape index (κ3) is 5.48. The van der Waals surface area contributed by atoms with E-state index in [-0.39, 0.29) is 11.4 Å². The van der Waals surface area contributed by atoms with Crippen LogP contribution in [0.5, 0.6) is 5.75 Å². The van der Waals surface area contributed by atoms with Gasteiger partial charge in [-0.2, -0.15) is 0 Å². The molecule has 0 spiro atoms. The fourth-order valence-electron chi connectivity index (χ4n) is 4.22. The predicted molar refractivity (Wildman–Crippen MR) is 147 cm³/mol. The van der Waals surface area contributed by atoms with Gasteiger partial charge in [-0.1, -0.05) is 55.4 Å². The number of unbranched alkanes of at least 4 members (excludes halogenated alkanes) is 1. The molecule has 0 N–H and O–H groups in total. The summed E-state index contributed by atoms with van der Waals surface area (Å²) in [6.07, 6.45) is 2.94. The molecule has 0 unspecified atom stereocenters. The number of thioether (sulfide) groups is 1. The highest BCUT2D eigenvalue weighted by Gasteiger charge is 2.31. The Kier molecular flexibility index (Phi) is 7.42. The van der Waals surface area contributed by atoms with E-state index in [1.54, 1.807) is 11.3 Å². The van der Waals surface area contributed by atoms with Gasteiger partial charge in [-0.15, -0.1) is 11.3 Å². The van der Waals surface area contributed by atoms with Crippen LogP contribution in [0.15, 0.2) is 59.6 Å². The summed E-state index contributed by atoms with van der Waals surface area (Å²) in [6.45, 7) is 7.68. The van der Waals surface area contributed by atoms with E-state index < -0.39 is 0 Å². The van der Waals surface area contributed by atoms with Gasteiger partial charge in [-0.3, -0.25) is 4.79 Å². The van der Waals surface area contributed by atoms with Gasteiger partial charge in [0.1, 0.15) is 15.6 Å². The molecule has 5 rings (SSSR count). The van der Waals surface area contributed by atoms with E-state index in [9.17, 15) is 4.79 Å². The van der Waals surface area contributed by atoms with Crippen molar-refractivity contribution >= 4 is 39.1 Å². The van der Waals surface area contributed by atoms with Crippen molar-refractivity contribution in [3.63, 3.8) is 0 Å². The molecule has 2 aromatic heterocycles. The molecule has 4 aromatic rings. The summed E-state index contributed by atoms with van der Waals surface area (Å²) in [5.74, 6) is 1.93. The maximum Gasteiger partial charge on any atom is 0.173 e. The highest BCUT2D eigenvalue weighted by atomic mass is 32.2. The second-order valence-electron chi connectivity index (χ2n) is 9.57. The van der Waals surface area contributed by atoms with E-state index in [1.165, 1.54) is 22.2 Å². The largest absolute Gasteiger partial charge is 0.494 e. The molecule has 5 nitrogen and oxygen atoms in total. The second kappa shape index (κ2) is 10.7. The molecule has 0 saturated carbocycles. The molecule has 1 aliphatic rings. The van der Waals surface area contributed by atoms with Crippen molar-refractivity contribution in [2.45, 2.75) is 57.3 Å². The van der Waals surface area contributed by atoms with Gasteiger partial charge < -0.3 is 9.47 Å². The Hall–Kier alpha value is -2.74. The van der Waals surface area contributed by atoms with Crippen LogP contribution in [-0.2, 0) is 17.8 Å². The van der Waals surface area contributed by atoms with Crippen LogP contribution < -0.4 is 4.74 Å². The fraction of sp³-hybridized carbons (Fsp3) is 0.345. The quantitative estimate of drug-likeness (QED) is 0.0998. The number of aromatic nitrogens is 2. The average Bonchev–Trinajstić information content (AvgIpc) is 3.25. The first-order chi connectivity index (χ1) is 17.4. The first-order valence-corrected chi connectivity index (χ1v) is 14.1. The van der Waals surface area contributed by atoms with Crippen molar-refractivity contribution in [2.75, 3.05) is 12.4 Å². The molecular formula is C29H30N2O3S2. The molecule has 3 heterocycles. The second-order valence-corrected chi connectivity index (χ2v) is 11.6. The summed E-state index contributed by atoms with van der Waals surface area (Å²) >= 11 is 3.17. The molecule has 186 valence electrons. The minimum Gasteiger partial charge on any atom is -0.494 e. The smallest absolute Gasteiger partial charge is 0.173 e. The molecule has 0 saturated heterocycles. The summed E-state index contributed by atoms with van der Waals surface area (Å²) in [7, 11) is 0. The van der Waals surface area contributed by atoms with Gasteiger partial charge >= 0.3 is 0 Å². The topological polar surface area (TPSA) is 61.3 Å². The van der Waals surface area contributed by atoms with Crippen LogP contribution in [0.4, 0.5) is 0 Å². The standard InChI is InChI=1S/C29H30N2O3S2/c1-4-5-15-33-21-13-11-20(12-14-21)26-30-27(35-18-23(32)19-9-7-6-8-10-19)25-22-16-29(2,3)34-17-24(22)36-28(25)31-26/h6-14H,4-5,15-18H2,1-3H3. The predicted octanol–water partition coefficient (Wildman–Crippen LogP) is 7.36. The zero-order chi connectivity index (χ0) is 25.1. The molecule has 7 heteroatoms. The van der Waals surface area contributed by atoms with Gasteiger partial charge in [0.25, 0.3) is 0 Å². The summed E-state index contributed by atoms with van der Waals surface area (Å²) < 4.78 is 11.9. The number of hydrogen-bond donors (Lipinski definition) is 0. The average molecular weight is 519 g/mol. The lowest BCUT2D eigenvalue weighted by Gasteiger charge is -2.30. The minimum atomic E-state index is -0.241. The number of hydrogen-bond acceptors (Lipinski definition) is 7. The van der Waals surface area contributed by atoms with E-state index in [4.69, 9.17) is 19.4 Å². The molecular weight excluding hydrogens is 488 g/mol. The lowest BCUT2D eigenvalue weighted by atomic mass is 9.94. The Labute approximate surface area is 220 Å². The van der Waals surface area contributed by atoms with Gasteiger partial charge in [0.2, 0.25) is 0 Å². The number of fused-ring (bicyclic) bond motifs is 3. The monoisotopic (exact) mass is 518 g/mol. The van der Waals surface area contributed by atoms with E-state index in [0.29, 0.717) is 24.8 Å². The third-order valence-corrected chi connectivity index (χ3v) is 8.29. The SMILES string of the molecule is CCCCOc1ccc(-c2nc(SCC(=O)c3ccccc3)c3c4c(sc3n2)COC(C)(C)C4)cc1. The molecule has 0 aliphatic carbocycles. The highest BCUT2D eigenvalue weighted by molar-refractivity contribution is 8.00. The Balaban J connectivity index is 1.50. The van der Waals surface area contributed by atoms with Crippen LogP contribution in [0.25, 0.3) is 21.6 Å². The zero-order valence-corrected chi connectivity index (χ0v) is 22.5. The van der Waals surface area contributed by atoms with Gasteiger partial charge in [0.05, 0.1) is 24.6 Å². The van der Waals surface area contributed by atoms with E-state index in [2.05, 4.69) is 20.8 Å².